The van der Waals surface area contributed by atoms with Crippen LogP contribution in [0.5, 0.6) is 0 Å². The van der Waals surface area contributed by atoms with Crippen LogP contribution in [-0.2, 0) is 4.74 Å². The van der Waals surface area contributed by atoms with Crippen molar-refractivity contribution in [3.63, 3.8) is 0 Å². The van der Waals surface area contributed by atoms with Crippen LogP contribution in [0.25, 0.3) is 0 Å². The zero-order valence-corrected chi connectivity index (χ0v) is 9.08. The first kappa shape index (κ1) is 11.2. The molecule has 1 N–H and O–H groups in total. The summed E-state index contributed by atoms with van der Waals surface area (Å²) in [7, 11) is 1.70. The highest BCUT2D eigenvalue weighted by Gasteiger charge is 2.01. The van der Waals surface area contributed by atoms with Crippen molar-refractivity contribution in [2.75, 3.05) is 25.6 Å². The van der Waals surface area contributed by atoms with E-state index in [2.05, 4.69) is 22.4 Å². The van der Waals surface area contributed by atoms with Gasteiger partial charge in [-0.05, 0) is 5.92 Å². The van der Waals surface area contributed by atoms with Crippen molar-refractivity contribution in [1.82, 2.24) is 10.2 Å². The lowest BCUT2D eigenvalue weighted by Crippen LogP contribution is -2.15. The molecular weight excluding hydrogens is 202 g/mol. The molecule has 1 atom stereocenters. The van der Waals surface area contributed by atoms with Crippen LogP contribution < -0.4 is 5.32 Å². The molecule has 0 aliphatic heterocycles. The highest BCUT2D eigenvalue weighted by molar-refractivity contribution is 6.29. The van der Waals surface area contributed by atoms with Gasteiger partial charge in [0.25, 0.3) is 0 Å². The Morgan fingerprint density at radius 3 is 3.07 bits per heavy atom. The predicted molar refractivity (Wildman–Crippen MR) is 56.6 cm³/mol. The van der Waals surface area contributed by atoms with Crippen LogP contribution in [0.4, 0.5) is 5.69 Å². The Balaban J connectivity index is 2.37. The first-order chi connectivity index (χ1) is 6.72. The average molecular weight is 216 g/mol. The van der Waals surface area contributed by atoms with E-state index in [4.69, 9.17) is 16.3 Å². The summed E-state index contributed by atoms with van der Waals surface area (Å²) in [4.78, 5) is 0. The maximum absolute atomic E-state index is 5.68. The lowest BCUT2D eigenvalue weighted by Gasteiger charge is -2.11. The van der Waals surface area contributed by atoms with Gasteiger partial charge in [-0.25, -0.2) is 0 Å². The number of aromatic nitrogens is 2. The molecule has 0 bridgehead atoms. The smallest absolute Gasteiger partial charge is 0.153 e. The standard InChI is InChI=1S/C9H14ClN3O/c1-7(6-14-2)4-11-8-3-9(10)13-12-5-8/h3,5,7H,4,6H2,1-2H3,(H,11,13). The SMILES string of the molecule is COCC(C)CNc1cnnc(Cl)c1. The molecule has 1 rings (SSSR count). The summed E-state index contributed by atoms with van der Waals surface area (Å²) < 4.78 is 5.02. The van der Waals surface area contributed by atoms with E-state index in [1.54, 1.807) is 19.4 Å². The summed E-state index contributed by atoms with van der Waals surface area (Å²) >= 11 is 5.68. The molecule has 0 aliphatic rings. The minimum Gasteiger partial charge on any atom is -0.384 e. The molecule has 0 aliphatic carbocycles. The van der Waals surface area contributed by atoms with Crippen LogP contribution in [-0.4, -0.2) is 30.5 Å². The molecule has 0 amide bonds. The molecule has 0 fully saturated rings. The first-order valence-electron chi connectivity index (χ1n) is 4.43. The van der Waals surface area contributed by atoms with Gasteiger partial charge in [0, 0.05) is 19.7 Å². The summed E-state index contributed by atoms with van der Waals surface area (Å²) in [6.45, 7) is 3.67. The molecule has 0 radical (unpaired) electrons. The summed E-state index contributed by atoms with van der Waals surface area (Å²) in [5, 5.41) is 11.0. The van der Waals surface area contributed by atoms with E-state index in [9.17, 15) is 0 Å². The van der Waals surface area contributed by atoms with E-state index in [0.717, 1.165) is 18.8 Å². The van der Waals surface area contributed by atoms with Gasteiger partial charge in [-0.3, -0.25) is 0 Å². The monoisotopic (exact) mass is 215 g/mol. The van der Waals surface area contributed by atoms with E-state index in [-0.39, 0.29) is 0 Å². The fourth-order valence-electron chi connectivity index (χ4n) is 1.07. The zero-order chi connectivity index (χ0) is 10.4. The fraction of sp³-hybridized carbons (Fsp3) is 0.556. The van der Waals surface area contributed by atoms with Crippen molar-refractivity contribution in [1.29, 1.82) is 0 Å². The highest BCUT2D eigenvalue weighted by Crippen LogP contribution is 2.10. The van der Waals surface area contributed by atoms with Crippen LogP contribution in [0.1, 0.15) is 6.92 Å². The average Bonchev–Trinajstić information content (AvgIpc) is 2.15. The molecule has 0 aromatic carbocycles. The Kier molecular flexibility index (Phi) is 4.62. The molecule has 1 unspecified atom stereocenters. The van der Waals surface area contributed by atoms with E-state index < -0.39 is 0 Å². The molecule has 14 heavy (non-hydrogen) atoms. The summed E-state index contributed by atoms with van der Waals surface area (Å²) in [6, 6.07) is 1.74. The fourth-order valence-corrected chi connectivity index (χ4v) is 1.23. The van der Waals surface area contributed by atoms with Crippen molar-refractivity contribution in [2.24, 2.45) is 5.92 Å². The van der Waals surface area contributed by atoms with Gasteiger partial charge in [0.15, 0.2) is 5.15 Å². The number of halogens is 1. The lowest BCUT2D eigenvalue weighted by atomic mass is 10.2. The van der Waals surface area contributed by atoms with Gasteiger partial charge in [0.05, 0.1) is 18.5 Å². The van der Waals surface area contributed by atoms with Crippen LogP contribution in [0.2, 0.25) is 5.15 Å². The summed E-state index contributed by atoms with van der Waals surface area (Å²) in [5.74, 6) is 0.451. The highest BCUT2D eigenvalue weighted by atomic mass is 35.5. The summed E-state index contributed by atoms with van der Waals surface area (Å²) in [6.07, 6.45) is 1.64. The third-order valence-corrected chi connectivity index (χ3v) is 1.92. The van der Waals surface area contributed by atoms with Crippen LogP contribution in [0, 0.1) is 5.92 Å². The second-order valence-electron chi connectivity index (χ2n) is 3.21. The molecule has 1 heterocycles. The van der Waals surface area contributed by atoms with Crippen molar-refractivity contribution in [3.05, 3.63) is 17.4 Å². The van der Waals surface area contributed by atoms with Crippen LogP contribution in [0.15, 0.2) is 12.3 Å². The maximum Gasteiger partial charge on any atom is 0.153 e. The second kappa shape index (κ2) is 5.78. The quantitative estimate of drug-likeness (QED) is 0.814. The van der Waals surface area contributed by atoms with Crippen LogP contribution >= 0.6 is 11.6 Å². The molecule has 4 nitrogen and oxygen atoms in total. The van der Waals surface area contributed by atoms with Gasteiger partial charge in [-0.2, -0.15) is 5.10 Å². The van der Waals surface area contributed by atoms with Gasteiger partial charge in [0.2, 0.25) is 0 Å². The minimum atomic E-state index is 0.398. The molecule has 0 spiro atoms. The Hall–Kier alpha value is -0.870. The molecule has 78 valence electrons. The maximum atomic E-state index is 5.68. The first-order valence-corrected chi connectivity index (χ1v) is 4.81. The second-order valence-corrected chi connectivity index (χ2v) is 3.60. The number of nitrogens with one attached hydrogen (secondary N) is 1. The minimum absolute atomic E-state index is 0.398. The largest absolute Gasteiger partial charge is 0.384 e. The van der Waals surface area contributed by atoms with Crippen molar-refractivity contribution >= 4 is 17.3 Å². The van der Waals surface area contributed by atoms with Gasteiger partial charge in [-0.1, -0.05) is 18.5 Å². The normalized spacial score (nSPS) is 12.5. The van der Waals surface area contributed by atoms with Gasteiger partial charge >= 0.3 is 0 Å². The molecule has 0 saturated carbocycles. The lowest BCUT2D eigenvalue weighted by molar-refractivity contribution is 0.164. The molecule has 1 aromatic rings. The topological polar surface area (TPSA) is 47.0 Å². The summed E-state index contributed by atoms with van der Waals surface area (Å²) in [5.41, 5.74) is 0.882. The third kappa shape index (κ3) is 3.89. The van der Waals surface area contributed by atoms with Gasteiger partial charge < -0.3 is 10.1 Å². The number of hydrogen-bond donors (Lipinski definition) is 1. The van der Waals surface area contributed by atoms with E-state index >= 15 is 0 Å². The van der Waals surface area contributed by atoms with E-state index in [1.807, 2.05) is 0 Å². The number of methoxy groups -OCH3 is 1. The van der Waals surface area contributed by atoms with Crippen molar-refractivity contribution in [2.45, 2.75) is 6.92 Å². The predicted octanol–water partition coefficient (Wildman–Crippen LogP) is 1.82. The zero-order valence-electron chi connectivity index (χ0n) is 8.33. The number of nitrogens with zero attached hydrogens (tertiary/aromatic N) is 2. The van der Waals surface area contributed by atoms with Crippen molar-refractivity contribution < 1.29 is 4.74 Å². The Bertz CT molecular complexity index is 283. The number of hydrogen-bond acceptors (Lipinski definition) is 4. The Morgan fingerprint density at radius 2 is 2.43 bits per heavy atom. The number of ether oxygens (including phenoxy) is 1. The number of anilines is 1. The Labute approximate surface area is 88.6 Å². The van der Waals surface area contributed by atoms with Crippen molar-refractivity contribution in [3.8, 4) is 0 Å². The van der Waals surface area contributed by atoms with Gasteiger partial charge in [0.1, 0.15) is 0 Å². The molecule has 5 heteroatoms. The molecular formula is C9H14ClN3O. The molecule has 0 saturated heterocycles. The number of rotatable bonds is 5. The van der Waals surface area contributed by atoms with Gasteiger partial charge in [-0.15, -0.1) is 5.10 Å². The van der Waals surface area contributed by atoms with E-state index in [0.29, 0.717) is 11.1 Å². The molecule has 1 aromatic heterocycles. The third-order valence-electron chi connectivity index (χ3n) is 1.73. The Morgan fingerprint density at radius 1 is 1.64 bits per heavy atom. The van der Waals surface area contributed by atoms with E-state index in [1.165, 1.54) is 0 Å². The van der Waals surface area contributed by atoms with Crippen LogP contribution in [0.3, 0.4) is 0 Å².